The van der Waals surface area contributed by atoms with Crippen LogP contribution in [0.5, 0.6) is 0 Å². The van der Waals surface area contributed by atoms with E-state index in [1.54, 1.807) is 17.5 Å². The van der Waals surface area contributed by atoms with Crippen LogP contribution in [0.4, 0.5) is 0 Å². The maximum Gasteiger partial charge on any atom is 0.242 e. The summed E-state index contributed by atoms with van der Waals surface area (Å²) in [6.07, 6.45) is 0. The van der Waals surface area contributed by atoms with Crippen molar-refractivity contribution < 1.29 is 9.53 Å². The van der Waals surface area contributed by atoms with Gasteiger partial charge in [-0.2, -0.15) is 4.37 Å². The maximum absolute atomic E-state index is 12.0. The van der Waals surface area contributed by atoms with E-state index in [9.17, 15) is 4.79 Å². The van der Waals surface area contributed by atoms with Crippen molar-refractivity contribution in [3.05, 3.63) is 11.3 Å². The van der Waals surface area contributed by atoms with Gasteiger partial charge in [-0.1, -0.05) is 0 Å². The molecule has 6 nitrogen and oxygen atoms in total. The van der Waals surface area contributed by atoms with Gasteiger partial charge in [0.05, 0.1) is 19.8 Å². The van der Waals surface area contributed by atoms with E-state index in [4.69, 9.17) is 4.74 Å². The molecule has 1 atom stereocenters. The first-order valence-corrected chi connectivity index (χ1v) is 5.94. The van der Waals surface area contributed by atoms with Gasteiger partial charge in [0.1, 0.15) is 11.6 Å². The number of likely N-dealkylation sites (N-methyl/N-ethyl adjacent to an activating group) is 1. The molecule has 0 radical (unpaired) electrons. The first-order valence-electron chi connectivity index (χ1n) is 5.10. The van der Waals surface area contributed by atoms with Crippen LogP contribution in [0.15, 0.2) is 5.51 Å². The predicted octanol–water partition coefficient (Wildman–Crippen LogP) is -0.515. The fraction of sp³-hybridized carbons (Fsp3) is 0.667. The summed E-state index contributed by atoms with van der Waals surface area (Å²) in [5.41, 5.74) is 1.67. The molecule has 0 spiro atoms. The molecule has 1 N–H and O–H groups in total. The van der Waals surface area contributed by atoms with Gasteiger partial charge >= 0.3 is 0 Å². The second-order valence-electron chi connectivity index (χ2n) is 3.52. The molecule has 16 heavy (non-hydrogen) atoms. The number of carbonyl (C=O) groups excluding carboxylic acids is 1. The first-order chi connectivity index (χ1) is 7.81. The molecule has 1 fully saturated rings. The van der Waals surface area contributed by atoms with Crippen LogP contribution in [0, 0.1) is 0 Å². The van der Waals surface area contributed by atoms with E-state index >= 15 is 0 Å². The SMILES string of the molecule is CNC1COCCN(Cc2ncsn2)C1=O. The molecule has 2 rings (SSSR count). The van der Waals surface area contributed by atoms with Crippen LogP contribution in [0.3, 0.4) is 0 Å². The van der Waals surface area contributed by atoms with Crippen molar-refractivity contribution in [3.8, 4) is 0 Å². The molecule has 1 aliphatic rings. The smallest absolute Gasteiger partial charge is 0.242 e. The average molecular weight is 242 g/mol. The van der Waals surface area contributed by atoms with Crippen molar-refractivity contribution in [1.29, 1.82) is 0 Å². The molecule has 0 aliphatic carbocycles. The molecule has 0 aromatic carbocycles. The number of carbonyl (C=O) groups is 1. The fourth-order valence-electron chi connectivity index (χ4n) is 1.57. The summed E-state index contributed by atoms with van der Waals surface area (Å²) in [5, 5.41) is 2.95. The van der Waals surface area contributed by atoms with Crippen LogP contribution in [0.2, 0.25) is 0 Å². The van der Waals surface area contributed by atoms with Crippen LogP contribution >= 0.6 is 11.5 Å². The molecule has 1 amide bonds. The van der Waals surface area contributed by atoms with Gasteiger partial charge in [0, 0.05) is 6.54 Å². The van der Waals surface area contributed by atoms with E-state index in [0.29, 0.717) is 32.1 Å². The van der Waals surface area contributed by atoms with Crippen LogP contribution in [0.25, 0.3) is 0 Å². The molecule has 1 saturated heterocycles. The third-order valence-corrected chi connectivity index (χ3v) is 3.00. The van der Waals surface area contributed by atoms with E-state index in [1.165, 1.54) is 11.5 Å². The Morgan fingerprint density at radius 3 is 3.31 bits per heavy atom. The van der Waals surface area contributed by atoms with Crippen LogP contribution in [-0.4, -0.2) is 53.0 Å². The van der Waals surface area contributed by atoms with Crippen molar-refractivity contribution >= 4 is 17.4 Å². The Bertz CT molecular complexity index is 343. The Morgan fingerprint density at radius 2 is 2.62 bits per heavy atom. The topological polar surface area (TPSA) is 67.3 Å². The van der Waals surface area contributed by atoms with Gasteiger partial charge in [0.25, 0.3) is 0 Å². The molecule has 1 unspecified atom stereocenters. The largest absolute Gasteiger partial charge is 0.377 e. The Morgan fingerprint density at radius 1 is 1.75 bits per heavy atom. The van der Waals surface area contributed by atoms with Gasteiger partial charge in [-0.15, -0.1) is 0 Å². The molecule has 7 heteroatoms. The lowest BCUT2D eigenvalue weighted by molar-refractivity contribution is -0.133. The molecule has 0 bridgehead atoms. The second kappa shape index (κ2) is 5.33. The third kappa shape index (κ3) is 2.55. The second-order valence-corrected chi connectivity index (χ2v) is 4.13. The number of ether oxygens (including phenoxy) is 1. The van der Waals surface area contributed by atoms with Crippen molar-refractivity contribution in [3.63, 3.8) is 0 Å². The summed E-state index contributed by atoms with van der Waals surface area (Å²) >= 11 is 1.30. The minimum Gasteiger partial charge on any atom is -0.377 e. The van der Waals surface area contributed by atoms with E-state index in [1.807, 2.05) is 0 Å². The van der Waals surface area contributed by atoms with Gasteiger partial charge < -0.3 is 15.0 Å². The van der Waals surface area contributed by atoms with Crippen molar-refractivity contribution in [2.75, 3.05) is 26.8 Å². The number of nitrogens with zero attached hydrogens (tertiary/aromatic N) is 3. The van der Waals surface area contributed by atoms with Gasteiger partial charge in [-0.3, -0.25) is 4.79 Å². The molecule has 1 aliphatic heterocycles. The van der Waals surface area contributed by atoms with E-state index in [2.05, 4.69) is 14.7 Å². The standard InChI is InChI=1S/C9H14N4O2S/c1-10-7-5-15-3-2-13(9(7)14)4-8-11-6-16-12-8/h6-7,10H,2-5H2,1H3. The molecule has 88 valence electrons. The summed E-state index contributed by atoms with van der Waals surface area (Å²) in [7, 11) is 1.76. The maximum atomic E-state index is 12.0. The highest BCUT2D eigenvalue weighted by Crippen LogP contribution is 2.07. The molecule has 0 saturated carbocycles. The summed E-state index contributed by atoms with van der Waals surface area (Å²) in [6, 6.07) is -0.263. The van der Waals surface area contributed by atoms with Crippen LogP contribution < -0.4 is 5.32 Å². The van der Waals surface area contributed by atoms with Crippen LogP contribution in [-0.2, 0) is 16.1 Å². The quantitative estimate of drug-likeness (QED) is 0.773. The predicted molar refractivity (Wildman–Crippen MR) is 59.0 cm³/mol. The van der Waals surface area contributed by atoms with Gasteiger partial charge in [0.2, 0.25) is 5.91 Å². The fourth-order valence-corrected chi connectivity index (χ4v) is 2.02. The summed E-state index contributed by atoms with van der Waals surface area (Å²) < 4.78 is 9.46. The lowest BCUT2D eigenvalue weighted by atomic mass is 10.2. The highest BCUT2D eigenvalue weighted by Gasteiger charge is 2.26. The monoisotopic (exact) mass is 242 g/mol. The van der Waals surface area contributed by atoms with E-state index < -0.39 is 0 Å². The van der Waals surface area contributed by atoms with Gasteiger partial charge in [-0.05, 0) is 18.6 Å². The molecular formula is C9H14N4O2S. The lowest BCUT2D eigenvalue weighted by Gasteiger charge is -2.21. The average Bonchev–Trinajstić information content (AvgIpc) is 2.73. The molecule has 2 heterocycles. The molecular weight excluding hydrogens is 228 g/mol. The zero-order valence-corrected chi connectivity index (χ0v) is 9.87. The number of amides is 1. The number of hydrogen-bond donors (Lipinski definition) is 1. The highest BCUT2D eigenvalue weighted by atomic mass is 32.1. The van der Waals surface area contributed by atoms with Gasteiger partial charge in [0.15, 0.2) is 5.82 Å². The number of hydrogen-bond acceptors (Lipinski definition) is 6. The Balaban J connectivity index is 2.04. The van der Waals surface area contributed by atoms with Crippen molar-refractivity contribution in [2.45, 2.75) is 12.6 Å². The zero-order chi connectivity index (χ0) is 11.4. The Hall–Kier alpha value is -1.05. The van der Waals surface area contributed by atoms with E-state index in [0.717, 1.165) is 0 Å². The number of aromatic nitrogens is 2. The highest BCUT2D eigenvalue weighted by molar-refractivity contribution is 7.03. The minimum absolute atomic E-state index is 0.0507. The summed E-state index contributed by atoms with van der Waals surface area (Å²) in [6.45, 7) is 2.05. The van der Waals surface area contributed by atoms with Crippen molar-refractivity contribution in [1.82, 2.24) is 19.6 Å². The summed E-state index contributed by atoms with van der Waals surface area (Å²) in [4.78, 5) is 17.8. The van der Waals surface area contributed by atoms with Crippen LogP contribution in [0.1, 0.15) is 5.82 Å². The zero-order valence-electron chi connectivity index (χ0n) is 9.05. The molecule has 1 aromatic heterocycles. The third-order valence-electron chi connectivity index (χ3n) is 2.49. The Labute approximate surface area is 97.8 Å². The van der Waals surface area contributed by atoms with E-state index in [-0.39, 0.29) is 11.9 Å². The lowest BCUT2D eigenvalue weighted by Crippen LogP contribution is -2.45. The summed E-state index contributed by atoms with van der Waals surface area (Å²) in [5.74, 6) is 0.741. The number of nitrogens with one attached hydrogen (secondary N) is 1. The number of rotatable bonds is 3. The Kier molecular flexibility index (Phi) is 3.81. The van der Waals surface area contributed by atoms with Gasteiger partial charge in [-0.25, -0.2) is 4.98 Å². The van der Waals surface area contributed by atoms with Crippen molar-refractivity contribution in [2.24, 2.45) is 0 Å². The minimum atomic E-state index is -0.263. The normalized spacial score (nSPS) is 22.2. The first kappa shape index (κ1) is 11.4. The molecule has 1 aromatic rings.